The van der Waals surface area contributed by atoms with E-state index in [0.717, 1.165) is 12.8 Å². The van der Waals surface area contributed by atoms with Crippen molar-refractivity contribution in [3.8, 4) is 0 Å². The smallest absolute Gasteiger partial charge is 0.252 e. The summed E-state index contributed by atoms with van der Waals surface area (Å²) in [4.78, 5) is 10.6. The number of carbonyl (C=O) groups is 1. The minimum atomic E-state index is -0.561. The lowest BCUT2D eigenvalue weighted by Crippen LogP contribution is -2.31. The molecule has 1 atom stereocenters. The first-order valence-corrected chi connectivity index (χ1v) is 3.15. The van der Waals surface area contributed by atoms with Crippen LogP contribution in [0, 0.1) is 0 Å². The monoisotopic (exact) mass is 129 g/mol. The molecule has 0 aromatic carbocycles. The van der Waals surface area contributed by atoms with Gasteiger partial charge in [0.25, 0.3) is 5.91 Å². The summed E-state index contributed by atoms with van der Waals surface area (Å²) in [5.41, 5.74) is 4.49. The molecule has 0 aromatic heterocycles. The molecular formula is C6H11NO2. The first kappa shape index (κ1) is 6.55. The predicted octanol–water partition coefficient (Wildman–Crippen LogP) is 0.0408. The third-order valence-corrected chi connectivity index (χ3v) is 1.60. The fourth-order valence-electron chi connectivity index (χ4n) is 0.901. The minimum Gasteiger partial charge on any atom is -0.367 e. The largest absolute Gasteiger partial charge is 0.367 e. The number of amides is 1. The molecule has 0 spiro atoms. The highest BCUT2D eigenvalue weighted by Crippen LogP contribution is 2.31. The number of carbonyl (C=O) groups excluding carboxylic acids is 1. The maximum absolute atomic E-state index is 10.6. The average Bonchev–Trinajstić information content (AvgIpc) is 2.49. The van der Waals surface area contributed by atoms with Crippen LogP contribution in [0.2, 0.25) is 0 Å². The van der Waals surface area contributed by atoms with E-state index in [1.807, 2.05) is 6.92 Å². The van der Waals surface area contributed by atoms with Crippen molar-refractivity contribution in [1.29, 1.82) is 0 Å². The second-order valence-electron chi connectivity index (χ2n) is 2.40. The SMILES string of the molecule is CCCC1(C(N)=O)CO1. The fourth-order valence-corrected chi connectivity index (χ4v) is 0.901. The molecule has 1 amide bonds. The van der Waals surface area contributed by atoms with Gasteiger partial charge in [-0.25, -0.2) is 0 Å². The van der Waals surface area contributed by atoms with Crippen molar-refractivity contribution in [2.24, 2.45) is 5.73 Å². The molecule has 1 unspecified atom stereocenters. The molecule has 1 fully saturated rings. The quantitative estimate of drug-likeness (QED) is 0.547. The topological polar surface area (TPSA) is 55.6 Å². The van der Waals surface area contributed by atoms with E-state index in [9.17, 15) is 4.79 Å². The van der Waals surface area contributed by atoms with Crippen molar-refractivity contribution in [3.63, 3.8) is 0 Å². The highest BCUT2D eigenvalue weighted by atomic mass is 16.6. The molecule has 9 heavy (non-hydrogen) atoms. The second kappa shape index (κ2) is 1.99. The van der Waals surface area contributed by atoms with Gasteiger partial charge in [0.05, 0.1) is 6.61 Å². The molecular weight excluding hydrogens is 118 g/mol. The molecule has 1 aliphatic rings. The Morgan fingerprint density at radius 2 is 2.44 bits per heavy atom. The lowest BCUT2D eigenvalue weighted by molar-refractivity contribution is -0.123. The van der Waals surface area contributed by atoms with Crippen molar-refractivity contribution < 1.29 is 9.53 Å². The van der Waals surface area contributed by atoms with Gasteiger partial charge in [-0.2, -0.15) is 0 Å². The Labute approximate surface area is 54.2 Å². The summed E-state index contributed by atoms with van der Waals surface area (Å²) in [6.45, 7) is 2.53. The van der Waals surface area contributed by atoms with E-state index in [2.05, 4.69) is 0 Å². The third kappa shape index (κ3) is 1.05. The van der Waals surface area contributed by atoms with Crippen LogP contribution in [0.3, 0.4) is 0 Å². The van der Waals surface area contributed by atoms with Gasteiger partial charge in [-0.1, -0.05) is 13.3 Å². The number of nitrogens with two attached hydrogens (primary N) is 1. The summed E-state index contributed by atoms with van der Waals surface area (Å²) < 4.78 is 4.92. The highest BCUT2D eigenvalue weighted by molar-refractivity contribution is 5.85. The Bertz CT molecular complexity index is 129. The van der Waals surface area contributed by atoms with E-state index in [-0.39, 0.29) is 5.91 Å². The van der Waals surface area contributed by atoms with Crippen LogP contribution in [0.4, 0.5) is 0 Å². The van der Waals surface area contributed by atoms with Crippen molar-refractivity contribution in [3.05, 3.63) is 0 Å². The van der Waals surface area contributed by atoms with Crippen molar-refractivity contribution in [2.45, 2.75) is 25.4 Å². The van der Waals surface area contributed by atoms with Gasteiger partial charge < -0.3 is 10.5 Å². The Balaban J connectivity index is 2.43. The van der Waals surface area contributed by atoms with E-state index in [4.69, 9.17) is 10.5 Å². The highest BCUT2D eigenvalue weighted by Gasteiger charge is 2.49. The predicted molar refractivity (Wildman–Crippen MR) is 32.8 cm³/mol. The number of epoxide rings is 1. The zero-order valence-corrected chi connectivity index (χ0v) is 5.52. The normalized spacial score (nSPS) is 32.1. The van der Waals surface area contributed by atoms with E-state index < -0.39 is 5.60 Å². The van der Waals surface area contributed by atoms with Crippen LogP contribution in [-0.4, -0.2) is 18.1 Å². The van der Waals surface area contributed by atoms with E-state index in [1.54, 1.807) is 0 Å². The van der Waals surface area contributed by atoms with Gasteiger partial charge in [-0.05, 0) is 6.42 Å². The summed E-state index contributed by atoms with van der Waals surface area (Å²) in [5, 5.41) is 0. The first-order chi connectivity index (χ1) is 4.21. The molecule has 2 N–H and O–H groups in total. The maximum atomic E-state index is 10.6. The summed E-state index contributed by atoms with van der Waals surface area (Å²) in [6.07, 6.45) is 1.71. The molecule has 0 bridgehead atoms. The molecule has 52 valence electrons. The van der Waals surface area contributed by atoms with E-state index >= 15 is 0 Å². The molecule has 1 rings (SSSR count). The first-order valence-electron chi connectivity index (χ1n) is 3.15. The van der Waals surface area contributed by atoms with Crippen molar-refractivity contribution in [1.82, 2.24) is 0 Å². The van der Waals surface area contributed by atoms with Gasteiger partial charge in [0, 0.05) is 0 Å². The molecule has 3 heteroatoms. The summed E-state index contributed by atoms with van der Waals surface area (Å²) in [7, 11) is 0. The summed E-state index contributed by atoms with van der Waals surface area (Å²) in [5.74, 6) is -0.315. The van der Waals surface area contributed by atoms with Gasteiger partial charge in [0.15, 0.2) is 5.60 Å². The number of rotatable bonds is 3. The Hall–Kier alpha value is -0.570. The van der Waals surface area contributed by atoms with Crippen LogP contribution in [0.5, 0.6) is 0 Å². The second-order valence-corrected chi connectivity index (χ2v) is 2.40. The minimum absolute atomic E-state index is 0.315. The van der Waals surface area contributed by atoms with Crippen LogP contribution in [0.15, 0.2) is 0 Å². The van der Waals surface area contributed by atoms with Crippen molar-refractivity contribution >= 4 is 5.91 Å². The summed E-state index contributed by atoms with van der Waals surface area (Å²) >= 11 is 0. The third-order valence-electron chi connectivity index (χ3n) is 1.60. The molecule has 0 aromatic rings. The van der Waals surface area contributed by atoms with Crippen LogP contribution < -0.4 is 5.73 Å². The fraction of sp³-hybridized carbons (Fsp3) is 0.833. The van der Waals surface area contributed by atoms with Gasteiger partial charge in [0.2, 0.25) is 0 Å². The average molecular weight is 129 g/mol. The molecule has 1 heterocycles. The lowest BCUT2D eigenvalue weighted by Gasteiger charge is -2.02. The lowest BCUT2D eigenvalue weighted by atomic mass is 10.1. The van der Waals surface area contributed by atoms with Gasteiger partial charge in [-0.15, -0.1) is 0 Å². The van der Waals surface area contributed by atoms with Crippen LogP contribution in [0.1, 0.15) is 19.8 Å². The maximum Gasteiger partial charge on any atom is 0.252 e. The van der Waals surface area contributed by atoms with Crippen LogP contribution >= 0.6 is 0 Å². The molecule has 1 aliphatic heterocycles. The molecule has 3 nitrogen and oxygen atoms in total. The molecule has 0 radical (unpaired) electrons. The number of primary amides is 1. The van der Waals surface area contributed by atoms with Gasteiger partial charge in [-0.3, -0.25) is 4.79 Å². The Kier molecular flexibility index (Phi) is 1.45. The number of ether oxygens (including phenoxy) is 1. The van der Waals surface area contributed by atoms with Crippen molar-refractivity contribution in [2.75, 3.05) is 6.61 Å². The van der Waals surface area contributed by atoms with E-state index in [0.29, 0.717) is 6.61 Å². The van der Waals surface area contributed by atoms with Gasteiger partial charge >= 0.3 is 0 Å². The molecule has 0 aliphatic carbocycles. The Morgan fingerprint density at radius 3 is 2.56 bits per heavy atom. The molecule has 0 saturated carbocycles. The summed E-state index contributed by atoms with van der Waals surface area (Å²) in [6, 6.07) is 0. The molecule has 1 saturated heterocycles. The zero-order chi connectivity index (χ0) is 6.91. The zero-order valence-electron chi connectivity index (χ0n) is 5.52. The number of hydrogen-bond donors (Lipinski definition) is 1. The van der Waals surface area contributed by atoms with Crippen LogP contribution in [0.25, 0.3) is 0 Å². The van der Waals surface area contributed by atoms with E-state index in [1.165, 1.54) is 0 Å². The van der Waals surface area contributed by atoms with Gasteiger partial charge in [0.1, 0.15) is 0 Å². The standard InChI is InChI=1S/C6H11NO2/c1-2-3-6(4-9-6)5(7)8/h2-4H2,1H3,(H2,7,8). The van der Waals surface area contributed by atoms with Crippen LogP contribution in [-0.2, 0) is 9.53 Å². The number of hydrogen-bond acceptors (Lipinski definition) is 2. The Morgan fingerprint density at radius 1 is 1.89 bits per heavy atom.